The van der Waals surface area contributed by atoms with Gasteiger partial charge >= 0.3 is 0 Å². The summed E-state index contributed by atoms with van der Waals surface area (Å²) in [5.41, 5.74) is 1.18. The number of ether oxygens (including phenoxy) is 1. The number of fused-ring (bicyclic) bond motifs is 1. The highest BCUT2D eigenvalue weighted by Crippen LogP contribution is 2.31. The number of pyridine rings is 1. The Morgan fingerprint density at radius 2 is 2.24 bits per heavy atom. The number of aromatic nitrogens is 3. The van der Waals surface area contributed by atoms with Crippen LogP contribution < -0.4 is 5.32 Å². The zero-order chi connectivity index (χ0) is 14.5. The van der Waals surface area contributed by atoms with Crippen molar-refractivity contribution in [3.8, 4) is 0 Å². The summed E-state index contributed by atoms with van der Waals surface area (Å²) in [5, 5.41) is 6.49. The van der Waals surface area contributed by atoms with Crippen LogP contribution in [0.4, 0.5) is 0 Å². The molecule has 3 heterocycles. The van der Waals surface area contributed by atoms with Crippen LogP contribution in [0.2, 0.25) is 0 Å². The van der Waals surface area contributed by atoms with Crippen LogP contribution in [0.1, 0.15) is 5.69 Å². The van der Waals surface area contributed by atoms with Gasteiger partial charge in [-0.25, -0.2) is 4.98 Å². The number of nitrogens with one attached hydrogen (secondary N) is 1. The summed E-state index contributed by atoms with van der Waals surface area (Å²) in [6, 6.07) is 4.00. The van der Waals surface area contributed by atoms with Gasteiger partial charge in [0.2, 0.25) is 0 Å². The predicted molar refractivity (Wildman–Crippen MR) is 85.0 cm³/mol. The Morgan fingerprint density at radius 1 is 1.38 bits per heavy atom. The normalized spacial score (nSPS) is 11.3. The summed E-state index contributed by atoms with van der Waals surface area (Å²) < 4.78 is 7.21. The van der Waals surface area contributed by atoms with E-state index in [-0.39, 0.29) is 0 Å². The van der Waals surface area contributed by atoms with Gasteiger partial charge in [-0.3, -0.25) is 9.38 Å². The second-order valence-electron chi connectivity index (χ2n) is 4.37. The molecule has 0 unspecified atom stereocenters. The molecule has 3 aromatic heterocycles. The fraction of sp³-hybridized carbons (Fsp3) is 0.286. The second kappa shape index (κ2) is 7.04. The van der Waals surface area contributed by atoms with Gasteiger partial charge in [0.15, 0.2) is 4.96 Å². The van der Waals surface area contributed by atoms with Crippen LogP contribution in [0, 0.1) is 0 Å². The van der Waals surface area contributed by atoms with E-state index >= 15 is 0 Å². The van der Waals surface area contributed by atoms with Crippen molar-refractivity contribution in [2.45, 2.75) is 16.5 Å². The lowest BCUT2D eigenvalue weighted by atomic mass is 10.4. The van der Waals surface area contributed by atoms with Crippen LogP contribution in [0.5, 0.6) is 0 Å². The molecule has 0 fully saturated rings. The van der Waals surface area contributed by atoms with E-state index in [1.54, 1.807) is 42.6 Å². The first kappa shape index (κ1) is 14.5. The fourth-order valence-electron chi connectivity index (χ4n) is 1.95. The minimum absolute atomic E-state index is 0.707. The molecule has 0 aliphatic carbocycles. The zero-order valence-electron chi connectivity index (χ0n) is 11.7. The van der Waals surface area contributed by atoms with Crippen molar-refractivity contribution in [2.24, 2.45) is 0 Å². The molecule has 1 N–H and O–H groups in total. The van der Waals surface area contributed by atoms with Crippen LogP contribution in [0.25, 0.3) is 4.96 Å². The van der Waals surface area contributed by atoms with Crippen molar-refractivity contribution in [1.29, 1.82) is 0 Å². The highest BCUT2D eigenvalue weighted by Gasteiger charge is 2.14. The van der Waals surface area contributed by atoms with E-state index in [2.05, 4.69) is 26.3 Å². The molecule has 5 nitrogen and oxygen atoms in total. The Balaban J connectivity index is 1.81. The summed E-state index contributed by atoms with van der Waals surface area (Å²) in [4.78, 5) is 10.9. The predicted octanol–water partition coefficient (Wildman–Crippen LogP) is 2.68. The highest BCUT2D eigenvalue weighted by atomic mass is 32.2. The summed E-state index contributed by atoms with van der Waals surface area (Å²) in [6.45, 7) is 2.31. The topological polar surface area (TPSA) is 51.5 Å². The summed E-state index contributed by atoms with van der Waals surface area (Å²) in [5.74, 6) is 0. The highest BCUT2D eigenvalue weighted by molar-refractivity contribution is 7.99. The van der Waals surface area contributed by atoms with Crippen molar-refractivity contribution in [3.63, 3.8) is 0 Å². The van der Waals surface area contributed by atoms with Crippen LogP contribution >= 0.6 is 23.1 Å². The molecule has 0 bridgehead atoms. The monoisotopic (exact) mass is 320 g/mol. The Labute approximate surface area is 131 Å². The lowest BCUT2D eigenvalue weighted by Crippen LogP contribution is -2.19. The smallest absolute Gasteiger partial charge is 0.194 e. The quantitative estimate of drug-likeness (QED) is 0.678. The number of nitrogens with zero attached hydrogens (tertiary/aromatic N) is 3. The van der Waals surface area contributed by atoms with E-state index in [0.717, 1.165) is 28.0 Å². The molecule has 3 rings (SSSR count). The molecular weight excluding hydrogens is 304 g/mol. The van der Waals surface area contributed by atoms with Crippen LogP contribution in [-0.4, -0.2) is 34.6 Å². The molecule has 7 heteroatoms. The molecule has 0 radical (unpaired) electrons. The lowest BCUT2D eigenvalue weighted by Gasteiger charge is -2.06. The number of hydrogen-bond acceptors (Lipinski definition) is 6. The first-order valence-corrected chi connectivity index (χ1v) is 8.30. The third-order valence-electron chi connectivity index (χ3n) is 2.96. The zero-order valence-corrected chi connectivity index (χ0v) is 13.3. The van der Waals surface area contributed by atoms with Gasteiger partial charge in [-0.05, 0) is 12.1 Å². The molecule has 21 heavy (non-hydrogen) atoms. The van der Waals surface area contributed by atoms with Crippen molar-refractivity contribution >= 4 is 28.1 Å². The molecule has 0 spiro atoms. The van der Waals surface area contributed by atoms with E-state index in [9.17, 15) is 0 Å². The SMILES string of the molecule is COCCNCc1c(Sc2ccncc2)nc2sccn12. The Bertz CT molecular complexity index is 695. The third-order valence-corrected chi connectivity index (χ3v) is 4.75. The molecule has 0 aliphatic rings. The summed E-state index contributed by atoms with van der Waals surface area (Å²) in [6.07, 6.45) is 5.67. The summed E-state index contributed by atoms with van der Waals surface area (Å²) in [7, 11) is 1.71. The molecule has 0 aromatic carbocycles. The molecule has 110 valence electrons. The lowest BCUT2D eigenvalue weighted by molar-refractivity contribution is 0.199. The van der Waals surface area contributed by atoms with Crippen molar-refractivity contribution in [1.82, 2.24) is 19.7 Å². The van der Waals surface area contributed by atoms with Gasteiger partial charge < -0.3 is 10.1 Å². The van der Waals surface area contributed by atoms with Crippen LogP contribution in [0.15, 0.2) is 46.0 Å². The number of methoxy groups -OCH3 is 1. The minimum atomic E-state index is 0.707. The maximum Gasteiger partial charge on any atom is 0.194 e. The first-order valence-electron chi connectivity index (χ1n) is 6.60. The Morgan fingerprint density at radius 3 is 3.05 bits per heavy atom. The second-order valence-corrected chi connectivity index (χ2v) is 6.31. The largest absolute Gasteiger partial charge is 0.383 e. The van der Waals surface area contributed by atoms with Crippen molar-refractivity contribution in [3.05, 3.63) is 41.8 Å². The third kappa shape index (κ3) is 3.44. The number of thiazole rings is 1. The van der Waals surface area contributed by atoms with Crippen LogP contribution in [-0.2, 0) is 11.3 Å². The van der Waals surface area contributed by atoms with Crippen molar-refractivity contribution < 1.29 is 4.74 Å². The van der Waals surface area contributed by atoms with Gasteiger partial charge in [0, 0.05) is 49.1 Å². The first-order chi connectivity index (χ1) is 10.4. The Hall–Kier alpha value is -1.41. The van der Waals surface area contributed by atoms with E-state index in [0.29, 0.717) is 6.61 Å². The molecule has 0 saturated carbocycles. The van der Waals surface area contributed by atoms with Gasteiger partial charge in [-0.2, -0.15) is 0 Å². The van der Waals surface area contributed by atoms with Gasteiger partial charge in [-0.1, -0.05) is 11.8 Å². The maximum atomic E-state index is 5.06. The maximum absolute atomic E-state index is 5.06. The average Bonchev–Trinajstić information content (AvgIpc) is 3.07. The van der Waals surface area contributed by atoms with Gasteiger partial charge in [0.05, 0.1) is 12.3 Å². The number of imidazole rings is 1. The fourth-order valence-corrected chi connectivity index (χ4v) is 3.65. The number of rotatable bonds is 7. The molecule has 0 aliphatic heterocycles. The minimum Gasteiger partial charge on any atom is -0.383 e. The van der Waals surface area contributed by atoms with Gasteiger partial charge in [0.25, 0.3) is 0 Å². The molecule has 0 saturated heterocycles. The summed E-state index contributed by atoms with van der Waals surface area (Å²) >= 11 is 3.32. The van der Waals surface area contributed by atoms with Crippen molar-refractivity contribution in [2.75, 3.05) is 20.3 Å². The van der Waals surface area contributed by atoms with E-state index in [4.69, 9.17) is 9.72 Å². The Kier molecular flexibility index (Phi) is 4.87. The molecule has 3 aromatic rings. The van der Waals surface area contributed by atoms with Gasteiger partial charge in [0.1, 0.15) is 5.03 Å². The van der Waals surface area contributed by atoms with Gasteiger partial charge in [-0.15, -0.1) is 11.3 Å². The molecular formula is C14H16N4OS2. The van der Waals surface area contributed by atoms with Crippen LogP contribution in [0.3, 0.4) is 0 Å². The standard InChI is InChI=1S/C14H16N4OS2/c1-19-8-6-16-10-12-13(17-14-18(12)7-9-20-14)21-11-2-4-15-5-3-11/h2-5,7,9,16H,6,8,10H2,1H3. The number of hydrogen-bond donors (Lipinski definition) is 1. The molecule has 0 atom stereocenters. The molecule has 0 amide bonds. The van der Waals surface area contributed by atoms with E-state index in [1.165, 1.54) is 5.69 Å². The average molecular weight is 320 g/mol. The van der Waals surface area contributed by atoms with E-state index in [1.807, 2.05) is 12.1 Å². The van der Waals surface area contributed by atoms with E-state index < -0.39 is 0 Å².